The maximum atomic E-state index is 12.4. The number of urea groups is 1. The molecule has 1 aliphatic heterocycles. The minimum absolute atomic E-state index is 0.379. The van der Waals surface area contributed by atoms with Crippen molar-refractivity contribution < 1.29 is 19.0 Å². The molecular formula is C24H22N6O4. The number of nitrogens with one attached hydrogen (secondary N) is 2. The van der Waals surface area contributed by atoms with Gasteiger partial charge in [0.25, 0.3) is 0 Å². The highest BCUT2D eigenvalue weighted by atomic mass is 16.6. The molecule has 1 aliphatic rings. The van der Waals surface area contributed by atoms with Crippen LogP contribution >= 0.6 is 0 Å². The summed E-state index contributed by atoms with van der Waals surface area (Å²) in [6, 6.07) is 15.5. The monoisotopic (exact) mass is 458 g/mol. The minimum Gasteiger partial charge on any atom is -0.486 e. The van der Waals surface area contributed by atoms with E-state index in [-0.39, 0.29) is 6.03 Å². The lowest BCUT2D eigenvalue weighted by atomic mass is 10.2. The summed E-state index contributed by atoms with van der Waals surface area (Å²) in [6.45, 7) is 4.88. The van der Waals surface area contributed by atoms with Crippen LogP contribution in [0.25, 0.3) is 5.82 Å². The van der Waals surface area contributed by atoms with Gasteiger partial charge in [-0.25, -0.2) is 19.4 Å². The van der Waals surface area contributed by atoms with Crippen molar-refractivity contribution >= 4 is 17.4 Å². The molecule has 2 N–H and O–H groups in total. The lowest BCUT2D eigenvalue weighted by Crippen LogP contribution is -2.20. The topological polar surface area (TPSA) is 112 Å². The lowest BCUT2D eigenvalue weighted by Gasteiger charge is -2.19. The Balaban J connectivity index is 1.21. The molecule has 3 heterocycles. The van der Waals surface area contributed by atoms with Gasteiger partial charge in [-0.1, -0.05) is 0 Å². The molecule has 0 aliphatic carbocycles. The molecule has 2 aromatic carbocycles. The Morgan fingerprint density at radius 1 is 0.912 bits per heavy atom. The van der Waals surface area contributed by atoms with Crippen molar-refractivity contribution in [3.05, 3.63) is 72.3 Å². The molecule has 0 saturated carbocycles. The molecule has 0 fully saturated rings. The molecule has 10 nitrogen and oxygen atoms in total. The number of benzene rings is 2. The summed E-state index contributed by atoms with van der Waals surface area (Å²) in [4.78, 5) is 20.8. The zero-order valence-corrected chi connectivity index (χ0v) is 18.6. The van der Waals surface area contributed by atoms with Gasteiger partial charge in [-0.3, -0.25) is 0 Å². The van der Waals surface area contributed by atoms with Crippen LogP contribution in [-0.2, 0) is 0 Å². The van der Waals surface area contributed by atoms with E-state index < -0.39 is 0 Å². The van der Waals surface area contributed by atoms with E-state index in [1.807, 2.05) is 19.9 Å². The molecule has 0 radical (unpaired) electrons. The standard InChI is InChI=1S/C24H22N6O4/c1-15-11-16(2)30(29-15)22-13-23(26-14-25-22)34-19-6-3-17(4-7-19)27-24(31)28-18-5-8-20-21(12-18)33-10-9-32-20/h3-8,11-14H,9-10H2,1-2H3,(H2,27,28,31). The average molecular weight is 458 g/mol. The maximum absolute atomic E-state index is 12.4. The molecule has 0 spiro atoms. The molecule has 0 atom stereocenters. The highest BCUT2D eigenvalue weighted by molar-refractivity contribution is 5.99. The van der Waals surface area contributed by atoms with Gasteiger partial charge in [0.05, 0.1) is 5.69 Å². The predicted molar refractivity (Wildman–Crippen MR) is 125 cm³/mol. The van der Waals surface area contributed by atoms with Gasteiger partial charge in [-0.2, -0.15) is 5.10 Å². The van der Waals surface area contributed by atoms with E-state index in [2.05, 4.69) is 25.7 Å². The third kappa shape index (κ3) is 4.75. The van der Waals surface area contributed by atoms with E-state index in [4.69, 9.17) is 14.2 Å². The number of anilines is 2. The predicted octanol–water partition coefficient (Wildman–Crippen LogP) is 4.49. The van der Waals surface area contributed by atoms with E-state index in [0.717, 1.165) is 11.4 Å². The second-order valence-electron chi connectivity index (χ2n) is 7.62. The molecule has 10 heteroatoms. The SMILES string of the molecule is Cc1cc(C)n(-c2cc(Oc3ccc(NC(=O)Nc4ccc5c(c4)OCCO5)cc3)ncn2)n1. The second kappa shape index (κ2) is 9.10. The summed E-state index contributed by atoms with van der Waals surface area (Å²) in [7, 11) is 0. The Morgan fingerprint density at radius 3 is 2.41 bits per heavy atom. The number of fused-ring (bicyclic) bond motifs is 1. The van der Waals surface area contributed by atoms with Crippen molar-refractivity contribution in [3.63, 3.8) is 0 Å². The third-order valence-corrected chi connectivity index (χ3v) is 4.99. The molecule has 4 aromatic rings. The summed E-state index contributed by atoms with van der Waals surface area (Å²) < 4.78 is 18.6. The first-order valence-electron chi connectivity index (χ1n) is 10.6. The van der Waals surface area contributed by atoms with Crippen molar-refractivity contribution in [2.45, 2.75) is 13.8 Å². The van der Waals surface area contributed by atoms with Gasteiger partial charge in [0.15, 0.2) is 17.3 Å². The van der Waals surface area contributed by atoms with E-state index in [1.54, 1.807) is 53.2 Å². The summed E-state index contributed by atoms with van der Waals surface area (Å²) in [5.41, 5.74) is 3.07. The Bertz CT molecular complexity index is 1340. The van der Waals surface area contributed by atoms with Crippen LogP contribution in [0.15, 0.2) is 60.9 Å². The van der Waals surface area contributed by atoms with Crippen LogP contribution in [0.2, 0.25) is 0 Å². The third-order valence-electron chi connectivity index (χ3n) is 4.99. The van der Waals surface area contributed by atoms with Crippen LogP contribution in [0.3, 0.4) is 0 Å². The first-order chi connectivity index (χ1) is 16.5. The van der Waals surface area contributed by atoms with Crippen molar-refractivity contribution in [2.75, 3.05) is 23.8 Å². The summed E-state index contributed by atoms with van der Waals surface area (Å²) in [5.74, 6) is 2.84. The van der Waals surface area contributed by atoms with E-state index in [9.17, 15) is 4.79 Å². The molecule has 2 aromatic heterocycles. The largest absolute Gasteiger partial charge is 0.486 e. The van der Waals surface area contributed by atoms with Gasteiger partial charge >= 0.3 is 6.03 Å². The quantitative estimate of drug-likeness (QED) is 0.453. The number of amides is 2. The Labute approximate surface area is 195 Å². The van der Waals surface area contributed by atoms with Gasteiger partial charge in [0.2, 0.25) is 5.88 Å². The van der Waals surface area contributed by atoms with E-state index >= 15 is 0 Å². The number of ether oxygens (including phenoxy) is 3. The fraction of sp³-hybridized carbons (Fsp3) is 0.167. The van der Waals surface area contributed by atoms with Crippen LogP contribution in [-0.4, -0.2) is 39.0 Å². The normalized spacial score (nSPS) is 12.2. The molecule has 34 heavy (non-hydrogen) atoms. The van der Waals surface area contributed by atoms with E-state index in [0.29, 0.717) is 53.5 Å². The summed E-state index contributed by atoms with van der Waals surface area (Å²) in [5, 5.41) is 10.00. The smallest absolute Gasteiger partial charge is 0.323 e. The Hall–Kier alpha value is -4.60. The first kappa shape index (κ1) is 21.3. The molecule has 0 saturated heterocycles. The van der Waals surface area contributed by atoms with Crippen LogP contribution in [0.1, 0.15) is 11.4 Å². The summed E-state index contributed by atoms with van der Waals surface area (Å²) >= 11 is 0. The van der Waals surface area contributed by atoms with E-state index in [1.165, 1.54) is 6.33 Å². The van der Waals surface area contributed by atoms with Crippen LogP contribution < -0.4 is 24.8 Å². The van der Waals surface area contributed by atoms with Crippen molar-refractivity contribution in [1.29, 1.82) is 0 Å². The first-order valence-corrected chi connectivity index (χ1v) is 10.6. The second-order valence-corrected chi connectivity index (χ2v) is 7.62. The van der Waals surface area contributed by atoms with Crippen molar-refractivity contribution in [3.8, 4) is 28.9 Å². The van der Waals surface area contributed by atoms with Crippen molar-refractivity contribution in [1.82, 2.24) is 19.7 Å². The zero-order chi connectivity index (χ0) is 23.5. The molecule has 2 amide bonds. The fourth-order valence-electron chi connectivity index (χ4n) is 3.50. The van der Waals surface area contributed by atoms with Gasteiger partial charge in [-0.05, 0) is 56.3 Å². The molecule has 0 bridgehead atoms. The van der Waals surface area contributed by atoms with Gasteiger partial charge in [0.1, 0.15) is 25.3 Å². The van der Waals surface area contributed by atoms with Crippen LogP contribution in [0, 0.1) is 13.8 Å². The number of hydrogen-bond acceptors (Lipinski definition) is 7. The number of carbonyl (C=O) groups excluding carboxylic acids is 1. The molecule has 5 rings (SSSR count). The summed E-state index contributed by atoms with van der Waals surface area (Å²) in [6.07, 6.45) is 1.43. The number of nitrogens with zero attached hydrogens (tertiary/aromatic N) is 4. The van der Waals surface area contributed by atoms with Gasteiger partial charge < -0.3 is 24.8 Å². The number of hydrogen-bond donors (Lipinski definition) is 2. The Morgan fingerprint density at radius 2 is 1.65 bits per heavy atom. The number of aryl methyl sites for hydroxylation is 2. The van der Waals surface area contributed by atoms with Crippen LogP contribution in [0.4, 0.5) is 16.2 Å². The molecular weight excluding hydrogens is 436 g/mol. The number of rotatable bonds is 5. The van der Waals surface area contributed by atoms with Gasteiger partial charge in [0, 0.05) is 29.2 Å². The van der Waals surface area contributed by atoms with Crippen molar-refractivity contribution in [2.24, 2.45) is 0 Å². The fourth-order valence-corrected chi connectivity index (χ4v) is 3.50. The zero-order valence-electron chi connectivity index (χ0n) is 18.6. The highest BCUT2D eigenvalue weighted by Gasteiger charge is 2.13. The van der Waals surface area contributed by atoms with Gasteiger partial charge in [-0.15, -0.1) is 0 Å². The average Bonchev–Trinajstić information content (AvgIpc) is 3.18. The Kier molecular flexibility index (Phi) is 5.69. The molecule has 0 unspecified atom stereocenters. The van der Waals surface area contributed by atoms with Crippen LogP contribution in [0.5, 0.6) is 23.1 Å². The lowest BCUT2D eigenvalue weighted by molar-refractivity contribution is 0.171. The number of aromatic nitrogens is 4. The minimum atomic E-state index is -0.379. The molecule has 172 valence electrons. The number of carbonyl (C=O) groups is 1. The highest BCUT2D eigenvalue weighted by Crippen LogP contribution is 2.32. The maximum Gasteiger partial charge on any atom is 0.323 e.